The van der Waals surface area contributed by atoms with Crippen LogP contribution in [0.1, 0.15) is 56.0 Å². The first-order valence-electron chi connectivity index (χ1n) is 8.63. The highest BCUT2D eigenvalue weighted by Gasteiger charge is 2.20. The Labute approximate surface area is 149 Å². The maximum absolute atomic E-state index is 12.2. The highest BCUT2D eigenvalue weighted by molar-refractivity contribution is 5.96. The first kappa shape index (κ1) is 20.7. The quantitative estimate of drug-likeness (QED) is 0.718. The number of unbranched alkanes of at least 4 members (excludes halogenated alkanes) is 1. The van der Waals surface area contributed by atoms with Gasteiger partial charge in [-0.25, -0.2) is 4.79 Å². The van der Waals surface area contributed by atoms with Crippen molar-refractivity contribution >= 4 is 17.8 Å². The third-order valence-corrected chi connectivity index (χ3v) is 3.96. The first-order chi connectivity index (χ1) is 11.8. The standard InChI is InChI=1S/C19H28N2O4/c1-5-6-7-16(19(24)25)20-17(22)15-10-8-14(9-11-15)12-21(4)18(23)13(2)3/h8-11,13,16H,5-7,12H2,1-4H3,(H,20,22)(H,24,25). The molecule has 0 aromatic heterocycles. The molecule has 1 rings (SSSR count). The summed E-state index contributed by atoms with van der Waals surface area (Å²) < 4.78 is 0. The Kier molecular flexibility index (Phi) is 8.11. The van der Waals surface area contributed by atoms with Crippen molar-refractivity contribution in [3.05, 3.63) is 35.4 Å². The number of amides is 2. The number of nitrogens with zero attached hydrogens (tertiary/aromatic N) is 1. The number of rotatable bonds is 9. The summed E-state index contributed by atoms with van der Waals surface area (Å²) in [5, 5.41) is 11.7. The molecule has 1 atom stereocenters. The van der Waals surface area contributed by atoms with Crippen molar-refractivity contribution in [2.75, 3.05) is 7.05 Å². The molecule has 2 N–H and O–H groups in total. The minimum absolute atomic E-state index is 0.0574. The van der Waals surface area contributed by atoms with Gasteiger partial charge in [-0.15, -0.1) is 0 Å². The van der Waals surface area contributed by atoms with E-state index >= 15 is 0 Å². The number of hydrogen-bond acceptors (Lipinski definition) is 3. The van der Waals surface area contributed by atoms with Gasteiger partial charge in [-0.1, -0.05) is 45.7 Å². The zero-order valence-corrected chi connectivity index (χ0v) is 15.4. The van der Waals surface area contributed by atoms with Gasteiger partial charge >= 0.3 is 5.97 Å². The van der Waals surface area contributed by atoms with E-state index in [1.165, 1.54) is 0 Å². The third kappa shape index (κ3) is 6.57. The molecule has 6 heteroatoms. The van der Waals surface area contributed by atoms with Gasteiger partial charge in [0.05, 0.1) is 0 Å². The summed E-state index contributed by atoms with van der Waals surface area (Å²) in [6, 6.07) is 5.98. The van der Waals surface area contributed by atoms with E-state index in [9.17, 15) is 19.5 Å². The molecule has 0 aliphatic carbocycles. The lowest BCUT2D eigenvalue weighted by atomic mass is 10.1. The van der Waals surface area contributed by atoms with Crippen molar-refractivity contribution in [3.8, 4) is 0 Å². The van der Waals surface area contributed by atoms with Gasteiger partial charge in [0, 0.05) is 25.1 Å². The smallest absolute Gasteiger partial charge is 0.326 e. The largest absolute Gasteiger partial charge is 0.480 e. The molecular formula is C19H28N2O4. The van der Waals surface area contributed by atoms with Crippen molar-refractivity contribution < 1.29 is 19.5 Å². The Morgan fingerprint density at radius 1 is 1.16 bits per heavy atom. The van der Waals surface area contributed by atoms with Crippen LogP contribution in [0.15, 0.2) is 24.3 Å². The van der Waals surface area contributed by atoms with Gasteiger partial charge in [-0.2, -0.15) is 0 Å². The number of carbonyl (C=O) groups excluding carboxylic acids is 2. The van der Waals surface area contributed by atoms with E-state index in [2.05, 4.69) is 5.32 Å². The first-order valence-corrected chi connectivity index (χ1v) is 8.63. The highest BCUT2D eigenvalue weighted by atomic mass is 16.4. The molecule has 0 spiro atoms. The van der Waals surface area contributed by atoms with Gasteiger partial charge in [0.25, 0.3) is 5.91 Å². The molecule has 2 amide bonds. The van der Waals surface area contributed by atoms with Crippen LogP contribution in [0.25, 0.3) is 0 Å². The molecule has 0 fully saturated rings. The van der Waals surface area contributed by atoms with Crippen LogP contribution in [0.2, 0.25) is 0 Å². The normalized spacial score (nSPS) is 11.9. The van der Waals surface area contributed by atoms with E-state index < -0.39 is 17.9 Å². The van der Waals surface area contributed by atoms with Gasteiger partial charge in [-0.3, -0.25) is 9.59 Å². The van der Waals surface area contributed by atoms with Crippen LogP contribution >= 0.6 is 0 Å². The van der Waals surface area contributed by atoms with Gasteiger partial charge < -0.3 is 15.3 Å². The SMILES string of the molecule is CCCCC(NC(=O)c1ccc(CN(C)C(=O)C(C)C)cc1)C(=O)O. The fourth-order valence-corrected chi connectivity index (χ4v) is 2.46. The van der Waals surface area contributed by atoms with Crippen molar-refractivity contribution in [2.45, 2.75) is 52.6 Å². The molecule has 1 aromatic rings. The van der Waals surface area contributed by atoms with Crippen LogP contribution in [0.5, 0.6) is 0 Å². The van der Waals surface area contributed by atoms with E-state index in [1.807, 2.05) is 20.8 Å². The Morgan fingerprint density at radius 2 is 1.76 bits per heavy atom. The summed E-state index contributed by atoms with van der Waals surface area (Å²) in [4.78, 5) is 37.0. The number of hydrogen-bond donors (Lipinski definition) is 2. The fourth-order valence-electron chi connectivity index (χ4n) is 2.46. The Hall–Kier alpha value is -2.37. The molecule has 0 radical (unpaired) electrons. The van der Waals surface area contributed by atoms with Crippen LogP contribution in [0, 0.1) is 5.92 Å². The molecule has 25 heavy (non-hydrogen) atoms. The maximum Gasteiger partial charge on any atom is 0.326 e. The molecule has 0 heterocycles. The molecule has 1 unspecified atom stereocenters. The lowest BCUT2D eigenvalue weighted by Crippen LogP contribution is -2.40. The van der Waals surface area contributed by atoms with E-state index in [4.69, 9.17) is 0 Å². The van der Waals surface area contributed by atoms with E-state index in [-0.39, 0.29) is 11.8 Å². The summed E-state index contributed by atoms with van der Waals surface area (Å²) in [6.07, 6.45) is 2.03. The molecule has 6 nitrogen and oxygen atoms in total. The van der Waals surface area contributed by atoms with Crippen LogP contribution in [0.4, 0.5) is 0 Å². The lowest BCUT2D eigenvalue weighted by Gasteiger charge is -2.19. The van der Waals surface area contributed by atoms with Crippen molar-refractivity contribution in [2.24, 2.45) is 5.92 Å². The maximum atomic E-state index is 12.2. The van der Waals surface area contributed by atoms with Crippen LogP contribution < -0.4 is 5.32 Å². The Bertz CT molecular complexity index is 596. The molecule has 0 aliphatic heterocycles. The average molecular weight is 348 g/mol. The fraction of sp³-hybridized carbons (Fsp3) is 0.526. The topological polar surface area (TPSA) is 86.7 Å². The number of nitrogens with one attached hydrogen (secondary N) is 1. The summed E-state index contributed by atoms with van der Waals surface area (Å²) in [5.41, 5.74) is 1.32. The van der Waals surface area contributed by atoms with Crippen LogP contribution in [0.3, 0.4) is 0 Å². The molecular weight excluding hydrogens is 320 g/mol. The van der Waals surface area contributed by atoms with Crippen LogP contribution in [-0.2, 0) is 16.1 Å². The van der Waals surface area contributed by atoms with E-state index in [1.54, 1.807) is 36.2 Å². The summed E-state index contributed by atoms with van der Waals surface area (Å²) >= 11 is 0. The van der Waals surface area contributed by atoms with Gasteiger partial charge in [0.15, 0.2) is 0 Å². The highest BCUT2D eigenvalue weighted by Crippen LogP contribution is 2.10. The summed E-state index contributed by atoms with van der Waals surface area (Å²) in [5.74, 6) is -1.43. The van der Waals surface area contributed by atoms with Crippen molar-refractivity contribution in [1.82, 2.24) is 10.2 Å². The summed E-state index contributed by atoms with van der Waals surface area (Å²) in [7, 11) is 1.74. The zero-order valence-electron chi connectivity index (χ0n) is 15.4. The number of benzene rings is 1. The minimum Gasteiger partial charge on any atom is -0.480 e. The Morgan fingerprint density at radius 3 is 2.24 bits per heavy atom. The minimum atomic E-state index is -1.02. The van der Waals surface area contributed by atoms with E-state index in [0.717, 1.165) is 18.4 Å². The molecule has 1 aromatic carbocycles. The second kappa shape index (κ2) is 9.81. The second-order valence-corrected chi connectivity index (χ2v) is 6.55. The molecule has 0 saturated carbocycles. The van der Waals surface area contributed by atoms with Crippen LogP contribution in [-0.4, -0.2) is 40.9 Å². The predicted molar refractivity (Wildman–Crippen MR) is 96.2 cm³/mol. The number of carboxylic acids is 1. The number of carboxylic acid groups (broad SMARTS) is 1. The number of carbonyl (C=O) groups is 3. The zero-order chi connectivity index (χ0) is 19.0. The number of aliphatic carboxylic acids is 1. The van der Waals surface area contributed by atoms with Crippen molar-refractivity contribution in [3.63, 3.8) is 0 Å². The molecule has 0 saturated heterocycles. The monoisotopic (exact) mass is 348 g/mol. The second-order valence-electron chi connectivity index (χ2n) is 6.55. The Balaban J connectivity index is 2.70. The van der Waals surface area contributed by atoms with E-state index in [0.29, 0.717) is 18.5 Å². The average Bonchev–Trinajstić information content (AvgIpc) is 2.57. The van der Waals surface area contributed by atoms with Gasteiger partial charge in [-0.05, 0) is 24.1 Å². The lowest BCUT2D eigenvalue weighted by molar-refractivity contribution is -0.139. The predicted octanol–water partition coefficient (Wildman–Crippen LogP) is 2.67. The molecule has 0 bridgehead atoms. The third-order valence-electron chi connectivity index (χ3n) is 3.96. The van der Waals surface area contributed by atoms with Gasteiger partial charge in [0.1, 0.15) is 6.04 Å². The summed E-state index contributed by atoms with van der Waals surface area (Å²) in [6.45, 7) is 6.14. The molecule has 138 valence electrons. The van der Waals surface area contributed by atoms with Crippen molar-refractivity contribution in [1.29, 1.82) is 0 Å². The van der Waals surface area contributed by atoms with Gasteiger partial charge in [0.2, 0.25) is 5.91 Å². The molecule has 0 aliphatic rings.